The van der Waals surface area contributed by atoms with Gasteiger partial charge < -0.3 is 11.1 Å². The van der Waals surface area contributed by atoms with Crippen LogP contribution in [0.2, 0.25) is 0 Å². The molecular formula is C14H29N3. The van der Waals surface area contributed by atoms with E-state index in [1.54, 1.807) is 0 Å². The number of nitrogens with two attached hydrogens (primary N) is 1. The van der Waals surface area contributed by atoms with Gasteiger partial charge in [0, 0.05) is 12.1 Å². The summed E-state index contributed by atoms with van der Waals surface area (Å²) in [6.45, 7) is 7.15. The zero-order valence-corrected chi connectivity index (χ0v) is 11.8. The Morgan fingerprint density at radius 1 is 1.24 bits per heavy atom. The maximum absolute atomic E-state index is 5.82. The summed E-state index contributed by atoms with van der Waals surface area (Å²) in [5.41, 5.74) is 5.83. The van der Waals surface area contributed by atoms with Crippen LogP contribution in [0.15, 0.2) is 4.99 Å². The smallest absolute Gasteiger partial charge is 0.188 e. The highest BCUT2D eigenvalue weighted by molar-refractivity contribution is 5.78. The van der Waals surface area contributed by atoms with Crippen molar-refractivity contribution in [3.63, 3.8) is 0 Å². The van der Waals surface area contributed by atoms with E-state index < -0.39 is 0 Å². The third-order valence-corrected chi connectivity index (χ3v) is 3.28. The minimum atomic E-state index is 0.0109. The lowest BCUT2D eigenvalue weighted by Crippen LogP contribution is -2.45. The average molecular weight is 239 g/mol. The number of nitrogens with one attached hydrogen (secondary N) is 1. The first kappa shape index (κ1) is 14.3. The number of hydrogen-bond donors (Lipinski definition) is 2. The minimum Gasteiger partial charge on any atom is -0.370 e. The standard InChI is InChI=1S/C14H29N3/c1-14(2,3)17-13(15)16-11-7-10-12-8-5-4-6-9-12/h12H,4-11H2,1-3H3,(H3,15,16,17). The molecule has 3 nitrogen and oxygen atoms in total. The molecule has 0 amide bonds. The average Bonchev–Trinajstić information content (AvgIpc) is 2.23. The van der Waals surface area contributed by atoms with E-state index in [0.29, 0.717) is 5.96 Å². The fourth-order valence-electron chi connectivity index (χ4n) is 2.48. The molecule has 0 unspecified atom stereocenters. The quantitative estimate of drug-likeness (QED) is 0.450. The van der Waals surface area contributed by atoms with Gasteiger partial charge in [-0.15, -0.1) is 0 Å². The Labute approximate surface area is 106 Å². The summed E-state index contributed by atoms with van der Waals surface area (Å²) in [4.78, 5) is 4.38. The molecule has 0 aromatic heterocycles. The number of aliphatic imine (C=N–C) groups is 1. The van der Waals surface area contributed by atoms with Crippen LogP contribution < -0.4 is 11.1 Å². The second-order valence-corrected chi connectivity index (χ2v) is 6.29. The monoisotopic (exact) mass is 239 g/mol. The van der Waals surface area contributed by atoms with Crippen LogP contribution in [0.1, 0.15) is 65.7 Å². The molecule has 1 rings (SSSR count). The topological polar surface area (TPSA) is 50.4 Å². The summed E-state index contributed by atoms with van der Waals surface area (Å²) >= 11 is 0. The maximum Gasteiger partial charge on any atom is 0.188 e. The second kappa shape index (κ2) is 6.87. The maximum atomic E-state index is 5.82. The van der Waals surface area contributed by atoms with Gasteiger partial charge in [0.1, 0.15) is 0 Å². The van der Waals surface area contributed by atoms with Gasteiger partial charge in [0.15, 0.2) is 5.96 Å². The van der Waals surface area contributed by atoms with Crippen LogP contribution in [0.25, 0.3) is 0 Å². The third kappa shape index (κ3) is 7.24. The van der Waals surface area contributed by atoms with E-state index in [2.05, 4.69) is 31.1 Å². The molecule has 3 N–H and O–H groups in total. The van der Waals surface area contributed by atoms with Crippen molar-refractivity contribution in [3.8, 4) is 0 Å². The summed E-state index contributed by atoms with van der Waals surface area (Å²) in [5.74, 6) is 1.54. The fourth-order valence-corrected chi connectivity index (χ4v) is 2.48. The Kier molecular flexibility index (Phi) is 5.79. The molecule has 0 atom stereocenters. The van der Waals surface area contributed by atoms with E-state index in [4.69, 9.17) is 5.73 Å². The van der Waals surface area contributed by atoms with Crippen LogP contribution in [-0.2, 0) is 0 Å². The first-order chi connectivity index (χ1) is 7.97. The summed E-state index contributed by atoms with van der Waals surface area (Å²) < 4.78 is 0. The van der Waals surface area contributed by atoms with Crippen LogP contribution in [0.5, 0.6) is 0 Å². The van der Waals surface area contributed by atoms with E-state index in [1.807, 2.05) is 0 Å². The van der Waals surface area contributed by atoms with Gasteiger partial charge in [0.05, 0.1) is 0 Å². The molecule has 0 aliphatic heterocycles. The van der Waals surface area contributed by atoms with E-state index >= 15 is 0 Å². The van der Waals surface area contributed by atoms with Crippen molar-refractivity contribution in [3.05, 3.63) is 0 Å². The highest BCUT2D eigenvalue weighted by Crippen LogP contribution is 2.27. The molecule has 0 heterocycles. The third-order valence-electron chi connectivity index (χ3n) is 3.28. The largest absolute Gasteiger partial charge is 0.370 e. The van der Waals surface area contributed by atoms with Gasteiger partial charge >= 0.3 is 0 Å². The highest BCUT2D eigenvalue weighted by atomic mass is 15.1. The zero-order chi connectivity index (χ0) is 12.7. The molecule has 1 aliphatic rings. The van der Waals surface area contributed by atoms with Crippen LogP contribution in [0, 0.1) is 5.92 Å². The molecule has 0 radical (unpaired) electrons. The van der Waals surface area contributed by atoms with Crippen molar-refractivity contribution in [2.45, 2.75) is 71.3 Å². The van der Waals surface area contributed by atoms with Gasteiger partial charge in [-0.2, -0.15) is 0 Å². The summed E-state index contributed by atoms with van der Waals surface area (Å²) in [5, 5.41) is 3.19. The Bertz CT molecular complexity index is 234. The van der Waals surface area contributed by atoms with Gasteiger partial charge in [-0.3, -0.25) is 4.99 Å². The van der Waals surface area contributed by atoms with Crippen molar-refractivity contribution in [2.75, 3.05) is 6.54 Å². The van der Waals surface area contributed by atoms with Gasteiger partial charge in [-0.25, -0.2) is 0 Å². The Morgan fingerprint density at radius 3 is 2.47 bits per heavy atom. The van der Waals surface area contributed by atoms with Crippen LogP contribution in [-0.4, -0.2) is 18.0 Å². The predicted molar refractivity (Wildman–Crippen MR) is 75.2 cm³/mol. The molecule has 1 saturated carbocycles. The van der Waals surface area contributed by atoms with Gasteiger partial charge in [-0.1, -0.05) is 32.1 Å². The minimum absolute atomic E-state index is 0.0109. The SMILES string of the molecule is CC(C)(C)NC(N)=NCCCC1CCCCC1. The first-order valence-electron chi connectivity index (χ1n) is 7.05. The molecular weight excluding hydrogens is 210 g/mol. The molecule has 1 fully saturated rings. The van der Waals surface area contributed by atoms with Crippen LogP contribution in [0.3, 0.4) is 0 Å². The molecule has 0 spiro atoms. The summed E-state index contributed by atoms with van der Waals surface area (Å²) in [6.07, 6.45) is 9.67. The fraction of sp³-hybridized carbons (Fsp3) is 0.929. The number of guanidine groups is 1. The summed E-state index contributed by atoms with van der Waals surface area (Å²) in [7, 11) is 0. The highest BCUT2D eigenvalue weighted by Gasteiger charge is 2.12. The van der Waals surface area contributed by atoms with E-state index in [9.17, 15) is 0 Å². The lowest BCUT2D eigenvalue weighted by atomic mass is 9.86. The molecule has 17 heavy (non-hydrogen) atoms. The van der Waals surface area contributed by atoms with Crippen molar-refractivity contribution in [1.82, 2.24) is 5.32 Å². The lowest BCUT2D eigenvalue weighted by Gasteiger charge is -2.22. The van der Waals surface area contributed by atoms with E-state index in [0.717, 1.165) is 12.5 Å². The lowest BCUT2D eigenvalue weighted by molar-refractivity contribution is 0.334. The molecule has 0 bridgehead atoms. The molecule has 0 saturated heterocycles. The molecule has 0 aromatic carbocycles. The number of hydrogen-bond acceptors (Lipinski definition) is 1. The van der Waals surface area contributed by atoms with Gasteiger partial charge in [0.25, 0.3) is 0 Å². The van der Waals surface area contributed by atoms with Crippen molar-refractivity contribution in [1.29, 1.82) is 0 Å². The normalized spacial score (nSPS) is 19.4. The molecule has 0 aromatic rings. The number of rotatable bonds is 4. The summed E-state index contributed by atoms with van der Waals surface area (Å²) in [6, 6.07) is 0. The van der Waals surface area contributed by atoms with Crippen LogP contribution in [0.4, 0.5) is 0 Å². The molecule has 100 valence electrons. The Morgan fingerprint density at radius 2 is 1.88 bits per heavy atom. The Balaban J connectivity index is 2.11. The van der Waals surface area contributed by atoms with Crippen molar-refractivity contribution in [2.24, 2.45) is 16.6 Å². The molecule has 1 aliphatic carbocycles. The van der Waals surface area contributed by atoms with Gasteiger partial charge in [0.2, 0.25) is 0 Å². The molecule has 3 heteroatoms. The zero-order valence-electron chi connectivity index (χ0n) is 11.8. The van der Waals surface area contributed by atoms with Crippen molar-refractivity contribution >= 4 is 5.96 Å². The first-order valence-corrected chi connectivity index (χ1v) is 7.05. The second-order valence-electron chi connectivity index (χ2n) is 6.29. The van der Waals surface area contributed by atoms with Crippen LogP contribution >= 0.6 is 0 Å². The van der Waals surface area contributed by atoms with E-state index in [1.165, 1.54) is 44.9 Å². The van der Waals surface area contributed by atoms with E-state index in [-0.39, 0.29) is 5.54 Å². The predicted octanol–water partition coefficient (Wildman–Crippen LogP) is 3.05. The van der Waals surface area contributed by atoms with Gasteiger partial charge in [-0.05, 0) is 39.5 Å². The van der Waals surface area contributed by atoms with Crippen molar-refractivity contribution < 1.29 is 0 Å². The Hall–Kier alpha value is -0.730. The number of nitrogens with zero attached hydrogens (tertiary/aromatic N) is 1.